The lowest BCUT2D eigenvalue weighted by Gasteiger charge is -2.21. The molecular weight excluding hydrogens is 264 g/mol. The molecule has 0 saturated heterocycles. The molecule has 0 saturated carbocycles. The molecular formula is C17H26N2O2. The van der Waals surface area contributed by atoms with E-state index in [1.165, 1.54) is 11.1 Å². The molecule has 2 N–H and O–H groups in total. The van der Waals surface area contributed by atoms with Crippen molar-refractivity contribution in [3.63, 3.8) is 0 Å². The first-order valence-corrected chi connectivity index (χ1v) is 7.69. The number of carbonyl (C=O) groups is 1. The van der Waals surface area contributed by atoms with E-state index in [0.717, 1.165) is 25.1 Å². The SMILES string of the molecule is CCNC1CCc2c(OCC(=O)NC(C)(C)C)cccc21. The highest BCUT2D eigenvalue weighted by Gasteiger charge is 2.24. The van der Waals surface area contributed by atoms with Crippen molar-refractivity contribution in [2.75, 3.05) is 13.2 Å². The quantitative estimate of drug-likeness (QED) is 0.876. The van der Waals surface area contributed by atoms with E-state index < -0.39 is 0 Å². The van der Waals surface area contributed by atoms with Crippen LogP contribution in [0.15, 0.2) is 18.2 Å². The van der Waals surface area contributed by atoms with Crippen molar-refractivity contribution in [2.24, 2.45) is 0 Å². The Morgan fingerprint density at radius 2 is 2.14 bits per heavy atom. The van der Waals surface area contributed by atoms with E-state index in [1.807, 2.05) is 32.9 Å². The first-order valence-electron chi connectivity index (χ1n) is 7.69. The number of ether oxygens (including phenoxy) is 1. The summed E-state index contributed by atoms with van der Waals surface area (Å²) in [6.45, 7) is 9.04. The zero-order valence-electron chi connectivity index (χ0n) is 13.5. The second-order valence-corrected chi connectivity index (χ2v) is 6.56. The third-order valence-electron chi connectivity index (χ3n) is 3.55. The summed E-state index contributed by atoms with van der Waals surface area (Å²) in [5.41, 5.74) is 2.33. The summed E-state index contributed by atoms with van der Waals surface area (Å²) in [5, 5.41) is 6.40. The average molecular weight is 290 g/mol. The van der Waals surface area contributed by atoms with E-state index in [4.69, 9.17) is 4.74 Å². The maximum absolute atomic E-state index is 11.9. The first kappa shape index (κ1) is 15.8. The van der Waals surface area contributed by atoms with Crippen molar-refractivity contribution in [3.8, 4) is 5.75 Å². The van der Waals surface area contributed by atoms with Gasteiger partial charge in [0.2, 0.25) is 0 Å². The van der Waals surface area contributed by atoms with Crippen LogP contribution in [0.5, 0.6) is 5.75 Å². The first-order chi connectivity index (χ1) is 9.90. The highest BCUT2D eigenvalue weighted by Crippen LogP contribution is 2.36. The van der Waals surface area contributed by atoms with Gasteiger partial charge in [-0.1, -0.05) is 19.1 Å². The molecule has 1 aromatic carbocycles. The Bertz CT molecular complexity index is 506. The van der Waals surface area contributed by atoms with Gasteiger partial charge in [0, 0.05) is 11.6 Å². The van der Waals surface area contributed by atoms with Crippen LogP contribution in [0, 0.1) is 0 Å². The topological polar surface area (TPSA) is 50.4 Å². The molecule has 1 aliphatic rings. The Morgan fingerprint density at radius 3 is 2.81 bits per heavy atom. The summed E-state index contributed by atoms with van der Waals surface area (Å²) in [6, 6.07) is 6.53. The second kappa shape index (κ2) is 6.48. The number of hydrogen-bond donors (Lipinski definition) is 2. The number of carbonyl (C=O) groups excluding carboxylic acids is 1. The van der Waals surface area contributed by atoms with Gasteiger partial charge in [-0.3, -0.25) is 4.79 Å². The Balaban J connectivity index is 2.01. The van der Waals surface area contributed by atoms with E-state index in [-0.39, 0.29) is 18.1 Å². The maximum atomic E-state index is 11.9. The number of benzene rings is 1. The van der Waals surface area contributed by atoms with Gasteiger partial charge in [0.1, 0.15) is 5.75 Å². The third kappa shape index (κ3) is 4.21. The molecule has 0 aromatic heterocycles. The van der Waals surface area contributed by atoms with Crippen molar-refractivity contribution in [1.29, 1.82) is 0 Å². The summed E-state index contributed by atoms with van der Waals surface area (Å²) in [6.07, 6.45) is 2.10. The molecule has 0 spiro atoms. The third-order valence-corrected chi connectivity index (χ3v) is 3.55. The van der Waals surface area contributed by atoms with Crippen LogP contribution in [-0.2, 0) is 11.2 Å². The van der Waals surface area contributed by atoms with Crippen molar-refractivity contribution in [3.05, 3.63) is 29.3 Å². The van der Waals surface area contributed by atoms with E-state index in [9.17, 15) is 4.79 Å². The largest absolute Gasteiger partial charge is 0.483 e. The minimum absolute atomic E-state index is 0.0690. The van der Waals surface area contributed by atoms with E-state index in [2.05, 4.69) is 23.6 Å². The lowest BCUT2D eigenvalue weighted by Crippen LogP contribution is -2.43. The van der Waals surface area contributed by atoms with E-state index in [1.54, 1.807) is 0 Å². The van der Waals surface area contributed by atoms with Crippen LogP contribution < -0.4 is 15.4 Å². The number of rotatable bonds is 5. The molecule has 0 heterocycles. The van der Waals surface area contributed by atoms with Crippen LogP contribution in [0.2, 0.25) is 0 Å². The van der Waals surface area contributed by atoms with Crippen LogP contribution >= 0.6 is 0 Å². The molecule has 0 aliphatic heterocycles. The summed E-state index contributed by atoms with van der Waals surface area (Å²) in [7, 11) is 0. The normalized spacial score (nSPS) is 17.4. The standard InChI is InChI=1S/C17H26N2O2/c1-5-18-14-10-9-13-12(14)7-6-8-15(13)21-11-16(20)19-17(2,3)4/h6-8,14,18H,5,9-11H2,1-4H3,(H,19,20). The van der Waals surface area contributed by atoms with Crippen molar-refractivity contribution in [1.82, 2.24) is 10.6 Å². The van der Waals surface area contributed by atoms with E-state index in [0.29, 0.717) is 6.04 Å². The molecule has 116 valence electrons. The Hall–Kier alpha value is -1.55. The van der Waals surface area contributed by atoms with Gasteiger partial charge in [-0.25, -0.2) is 0 Å². The summed E-state index contributed by atoms with van der Waals surface area (Å²) in [4.78, 5) is 11.9. The molecule has 0 bridgehead atoms. The van der Waals surface area contributed by atoms with Crippen LogP contribution in [0.1, 0.15) is 51.3 Å². The molecule has 1 aromatic rings. The Kier molecular flexibility index (Phi) is 4.88. The molecule has 1 unspecified atom stereocenters. The lowest BCUT2D eigenvalue weighted by molar-refractivity contribution is -0.124. The van der Waals surface area contributed by atoms with Crippen molar-refractivity contribution < 1.29 is 9.53 Å². The molecule has 21 heavy (non-hydrogen) atoms. The van der Waals surface area contributed by atoms with Crippen LogP contribution in [0.4, 0.5) is 0 Å². The maximum Gasteiger partial charge on any atom is 0.258 e. The van der Waals surface area contributed by atoms with Gasteiger partial charge < -0.3 is 15.4 Å². The second-order valence-electron chi connectivity index (χ2n) is 6.56. The number of fused-ring (bicyclic) bond motifs is 1. The average Bonchev–Trinajstić information content (AvgIpc) is 2.79. The van der Waals surface area contributed by atoms with Gasteiger partial charge >= 0.3 is 0 Å². The Morgan fingerprint density at radius 1 is 1.38 bits per heavy atom. The fourth-order valence-corrected chi connectivity index (χ4v) is 2.81. The van der Waals surface area contributed by atoms with Crippen molar-refractivity contribution >= 4 is 5.91 Å². The predicted octanol–water partition coefficient (Wildman–Crippen LogP) is 2.58. The fourth-order valence-electron chi connectivity index (χ4n) is 2.81. The number of nitrogens with one attached hydrogen (secondary N) is 2. The minimum Gasteiger partial charge on any atom is -0.483 e. The summed E-state index contributed by atoms with van der Waals surface area (Å²) >= 11 is 0. The zero-order chi connectivity index (χ0) is 15.5. The summed E-state index contributed by atoms with van der Waals surface area (Å²) in [5.74, 6) is 0.762. The van der Waals surface area contributed by atoms with Gasteiger partial charge in [0.15, 0.2) is 6.61 Å². The molecule has 0 radical (unpaired) electrons. The molecule has 4 heteroatoms. The van der Waals surface area contributed by atoms with E-state index >= 15 is 0 Å². The minimum atomic E-state index is -0.227. The predicted molar refractivity (Wildman–Crippen MR) is 84.6 cm³/mol. The number of hydrogen-bond acceptors (Lipinski definition) is 3. The summed E-state index contributed by atoms with van der Waals surface area (Å²) < 4.78 is 5.74. The monoisotopic (exact) mass is 290 g/mol. The number of amides is 1. The molecule has 1 aliphatic carbocycles. The van der Waals surface area contributed by atoms with Crippen LogP contribution in [0.3, 0.4) is 0 Å². The molecule has 4 nitrogen and oxygen atoms in total. The molecule has 2 rings (SSSR count). The zero-order valence-corrected chi connectivity index (χ0v) is 13.5. The molecule has 1 amide bonds. The van der Waals surface area contributed by atoms with Gasteiger partial charge in [-0.15, -0.1) is 0 Å². The van der Waals surface area contributed by atoms with Gasteiger partial charge in [-0.05, 0) is 57.4 Å². The van der Waals surface area contributed by atoms with Gasteiger partial charge in [0.25, 0.3) is 5.91 Å². The van der Waals surface area contributed by atoms with Gasteiger partial charge in [0.05, 0.1) is 0 Å². The van der Waals surface area contributed by atoms with Crippen LogP contribution in [-0.4, -0.2) is 24.6 Å². The smallest absolute Gasteiger partial charge is 0.258 e. The Labute approximate surface area is 127 Å². The van der Waals surface area contributed by atoms with Crippen molar-refractivity contribution in [2.45, 2.75) is 52.1 Å². The highest BCUT2D eigenvalue weighted by molar-refractivity contribution is 5.78. The fraction of sp³-hybridized carbons (Fsp3) is 0.588. The molecule has 1 atom stereocenters. The highest BCUT2D eigenvalue weighted by atomic mass is 16.5. The van der Waals surface area contributed by atoms with Gasteiger partial charge in [-0.2, -0.15) is 0 Å². The lowest BCUT2D eigenvalue weighted by atomic mass is 10.1. The molecule has 0 fully saturated rings. The van der Waals surface area contributed by atoms with Crippen LogP contribution in [0.25, 0.3) is 0 Å².